The molecular formula is C25H24N2O3. The number of anilines is 2. The molecule has 3 aromatic carbocycles. The van der Waals surface area contributed by atoms with Crippen LogP contribution in [0.25, 0.3) is 11.1 Å². The highest BCUT2D eigenvalue weighted by Crippen LogP contribution is 2.39. The minimum absolute atomic E-state index is 0.0108. The molecule has 4 rings (SSSR count). The standard InChI is InChI=1S/C25H24N2O3/c1-2-15-26-17-9-7-16(8-10-17)25(30)27-21-13-11-18(19-5-3-4-6-22(19)28)20-12-14-23(29)24(20)21/h3-11,13,26,28H,2,12,14-15H2,1H3,(H,27,30). The predicted octanol–water partition coefficient (Wildman–Crippen LogP) is 5.26. The molecule has 0 aromatic heterocycles. The number of hydrogen-bond donors (Lipinski definition) is 3. The molecule has 3 aromatic rings. The van der Waals surface area contributed by atoms with E-state index in [-0.39, 0.29) is 17.4 Å². The van der Waals surface area contributed by atoms with E-state index in [1.54, 1.807) is 30.3 Å². The maximum Gasteiger partial charge on any atom is 0.255 e. The van der Waals surface area contributed by atoms with Crippen LogP contribution in [0.3, 0.4) is 0 Å². The zero-order chi connectivity index (χ0) is 21.1. The molecule has 5 nitrogen and oxygen atoms in total. The number of carbonyl (C=O) groups excluding carboxylic acids is 2. The topological polar surface area (TPSA) is 78.4 Å². The van der Waals surface area contributed by atoms with E-state index in [0.29, 0.717) is 35.2 Å². The summed E-state index contributed by atoms with van der Waals surface area (Å²) in [6.45, 7) is 2.97. The molecule has 1 aliphatic carbocycles. The fourth-order valence-corrected chi connectivity index (χ4v) is 3.85. The van der Waals surface area contributed by atoms with Gasteiger partial charge in [0.1, 0.15) is 5.75 Å². The number of ketones is 1. The smallest absolute Gasteiger partial charge is 0.255 e. The van der Waals surface area contributed by atoms with Gasteiger partial charge in [-0.1, -0.05) is 31.2 Å². The number of phenolic OH excluding ortho intramolecular Hbond substituents is 1. The molecule has 5 heteroatoms. The maximum absolute atomic E-state index is 12.8. The van der Waals surface area contributed by atoms with E-state index in [4.69, 9.17) is 0 Å². The van der Waals surface area contributed by atoms with Crippen molar-refractivity contribution in [3.8, 4) is 16.9 Å². The van der Waals surface area contributed by atoms with Gasteiger partial charge in [-0.2, -0.15) is 0 Å². The number of nitrogens with one attached hydrogen (secondary N) is 2. The molecule has 0 bridgehead atoms. The molecule has 0 unspecified atom stereocenters. The first-order valence-electron chi connectivity index (χ1n) is 10.2. The number of para-hydroxylation sites is 1. The Morgan fingerprint density at radius 1 is 0.967 bits per heavy atom. The minimum Gasteiger partial charge on any atom is -0.507 e. The molecule has 0 atom stereocenters. The van der Waals surface area contributed by atoms with Crippen LogP contribution in [0.1, 0.15) is 46.0 Å². The second kappa shape index (κ2) is 8.41. The zero-order valence-corrected chi connectivity index (χ0v) is 16.9. The predicted molar refractivity (Wildman–Crippen MR) is 119 cm³/mol. The Morgan fingerprint density at radius 3 is 2.47 bits per heavy atom. The summed E-state index contributed by atoms with van der Waals surface area (Å²) in [6.07, 6.45) is 2.03. The quantitative estimate of drug-likeness (QED) is 0.527. The SMILES string of the molecule is CCCNc1ccc(C(=O)Nc2ccc(-c3ccccc3O)c3c2C(=O)CC3)cc1. The zero-order valence-electron chi connectivity index (χ0n) is 16.9. The second-order valence-electron chi connectivity index (χ2n) is 7.41. The molecule has 0 aliphatic heterocycles. The molecule has 30 heavy (non-hydrogen) atoms. The minimum atomic E-state index is -0.255. The van der Waals surface area contributed by atoms with Gasteiger partial charge in [-0.05, 0) is 60.4 Å². The Balaban J connectivity index is 1.62. The van der Waals surface area contributed by atoms with E-state index >= 15 is 0 Å². The van der Waals surface area contributed by atoms with Crippen LogP contribution in [0.2, 0.25) is 0 Å². The van der Waals surface area contributed by atoms with Gasteiger partial charge in [0.2, 0.25) is 0 Å². The number of carbonyl (C=O) groups is 2. The maximum atomic E-state index is 12.8. The number of hydrogen-bond acceptors (Lipinski definition) is 4. The molecular weight excluding hydrogens is 376 g/mol. The van der Waals surface area contributed by atoms with Crippen molar-refractivity contribution >= 4 is 23.1 Å². The fourth-order valence-electron chi connectivity index (χ4n) is 3.85. The van der Waals surface area contributed by atoms with Gasteiger partial charge in [0.15, 0.2) is 5.78 Å². The van der Waals surface area contributed by atoms with E-state index in [0.717, 1.165) is 29.8 Å². The van der Waals surface area contributed by atoms with E-state index in [1.165, 1.54) is 0 Å². The van der Waals surface area contributed by atoms with Gasteiger partial charge in [-0.25, -0.2) is 0 Å². The van der Waals surface area contributed by atoms with Crippen molar-refractivity contribution in [3.63, 3.8) is 0 Å². The summed E-state index contributed by atoms with van der Waals surface area (Å²) in [5.74, 6) is -0.0708. The number of fused-ring (bicyclic) bond motifs is 1. The molecule has 1 amide bonds. The third-order valence-electron chi connectivity index (χ3n) is 5.36. The Morgan fingerprint density at radius 2 is 1.73 bits per heavy atom. The van der Waals surface area contributed by atoms with Crippen LogP contribution >= 0.6 is 0 Å². The molecule has 3 N–H and O–H groups in total. The van der Waals surface area contributed by atoms with Crippen molar-refractivity contribution in [1.82, 2.24) is 0 Å². The van der Waals surface area contributed by atoms with Crippen LogP contribution < -0.4 is 10.6 Å². The van der Waals surface area contributed by atoms with Crippen molar-refractivity contribution < 1.29 is 14.7 Å². The van der Waals surface area contributed by atoms with Gasteiger partial charge in [-0.15, -0.1) is 0 Å². The van der Waals surface area contributed by atoms with Gasteiger partial charge in [-0.3, -0.25) is 9.59 Å². The van der Waals surface area contributed by atoms with Crippen LogP contribution in [0, 0.1) is 0 Å². The van der Waals surface area contributed by atoms with Crippen LogP contribution in [0.5, 0.6) is 5.75 Å². The first-order chi connectivity index (χ1) is 14.6. The monoisotopic (exact) mass is 400 g/mol. The molecule has 0 spiro atoms. The van der Waals surface area contributed by atoms with Crippen molar-refractivity contribution in [2.24, 2.45) is 0 Å². The third-order valence-corrected chi connectivity index (χ3v) is 5.36. The lowest BCUT2D eigenvalue weighted by Crippen LogP contribution is -2.14. The summed E-state index contributed by atoms with van der Waals surface area (Å²) in [4.78, 5) is 25.4. The molecule has 0 saturated heterocycles. The van der Waals surface area contributed by atoms with E-state index in [1.807, 2.05) is 30.3 Å². The van der Waals surface area contributed by atoms with Crippen molar-refractivity contribution in [2.45, 2.75) is 26.2 Å². The van der Waals surface area contributed by atoms with Crippen molar-refractivity contribution in [1.29, 1.82) is 0 Å². The van der Waals surface area contributed by atoms with Gasteiger partial charge >= 0.3 is 0 Å². The van der Waals surface area contributed by atoms with Crippen molar-refractivity contribution in [2.75, 3.05) is 17.2 Å². The lowest BCUT2D eigenvalue weighted by atomic mass is 9.95. The van der Waals surface area contributed by atoms with Crippen LogP contribution in [-0.4, -0.2) is 23.3 Å². The Bertz CT molecular complexity index is 1100. The molecule has 0 heterocycles. The van der Waals surface area contributed by atoms with Crippen LogP contribution in [0.15, 0.2) is 60.7 Å². The number of phenols is 1. The van der Waals surface area contributed by atoms with Crippen LogP contribution in [-0.2, 0) is 6.42 Å². The first kappa shape index (κ1) is 19.7. The van der Waals surface area contributed by atoms with Crippen molar-refractivity contribution in [3.05, 3.63) is 77.4 Å². The molecule has 0 fully saturated rings. The fraction of sp³-hybridized carbons (Fsp3) is 0.200. The highest BCUT2D eigenvalue weighted by molar-refractivity contribution is 6.12. The number of Topliss-reactive ketones (excluding diaryl/α,β-unsaturated/α-hetero) is 1. The van der Waals surface area contributed by atoms with Gasteiger partial charge in [0.25, 0.3) is 5.91 Å². The summed E-state index contributed by atoms with van der Waals surface area (Å²) in [5.41, 5.74) is 4.96. The average Bonchev–Trinajstić information content (AvgIpc) is 3.15. The second-order valence-corrected chi connectivity index (χ2v) is 7.41. The number of rotatable bonds is 6. The first-order valence-corrected chi connectivity index (χ1v) is 10.2. The summed E-state index contributed by atoms with van der Waals surface area (Å²) < 4.78 is 0. The summed E-state index contributed by atoms with van der Waals surface area (Å²) in [5, 5.41) is 16.4. The third kappa shape index (κ3) is 3.79. The van der Waals surface area contributed by atoms with E-state index in [9.17, 15) is 14.7 Å². The summed E-state index contributed by atoms with van der Waals surface area (Å²) in [6, 6.07) is 18.0. The Hall–Kier alpha value is -3.60. The number of aromatic hydroxyl groups is 1. The molecule has 0 radical (unpaired) electrons. The lowest BCUT2D eigenvalue weighted by Gasteiger charge is -2.14. The van der Waals surface area contributed by atoms with Gasteiger partial charge < -0.3 is 15.7 Å². The van der Waals surface area contributed by atoms with Gasteiger partial charge in [0.05, 0.1) is 5.69 Å². The lowest BCUT2D eigenvalue weighted by molar-refractivity contribution is 0.0995. The molecule has 152 valence electrons. The van der Waals surface area contributed by atoms with Gasteiger partial charge in [0, 0.05) is 35.3 Å². The van der Waals surface area contributed by atoms with E-state index < -0.39 is 0 Å². The highest BCUT2D eigenvalue weighted by atomic mass is 16.3. The average molecular weight is 400 g/mol. The van der Waals surface area contributed by atoms with Crippen LogP contribution in [0.4, 0.5) is 11.4 Å². The molecule has 1 aliphatic rings. The Labute approximate surface area is 175 Å². The number of amides is 1. The summed E-state index contributed by atoms with van der Waals surface area (Å²) in [7, 11) is 0. The largest absolute Gasteiger partial charge is 0.507 e. The summed E-state index contributed by atoms with van der Waals surface area (Å²) >= 11 is 0. The Kier molecular flexibility index (Phi) is 5.53. The highest BCUT2D eigenvalue weighted by Gasteiger charge is 2.27. The number of benzene rings is 3. The normalized spacial score (nSPS) is 12.5. The molecule has 0 saturated carbocycles. The van der Waals surface area contributed by atoms with E-state index in [2.05, 4.69) is 17.6 Å².